The van der Waals surface area contributed by atoms with Crippen LogP contribution in [0.15, 0.2) is 30.3 Å². The molecule has 0 aromatic heterocycles. The molecule has 0 heterocycles. The van der Waals surface area contributed by atoms with Crippen molar-refractivity contribution in [1.82, 2.24) is 0 Å². The Morgan fingerprint density at radius 2 is 1.67 bits per heavy atom. The summed E-state index contributed by atoms with van der Waals surface area (Å²) in [5, 5.41) is 7.88. The third kappa shape index (κ3) is 22.4. The van der Waals surface area contributed by atoms with Crippen molar-refractivity contribution < 1.29 is 22.1 Å². The van der Waals surface area contributed by atoms with Crippen LogP contribution in [0.5, 0.6) is 0 Å². The van der Waals surface area contributed by atoms with Gasteiger partial charge >= 0.3 is 35.6 Å². The summed E-state index contributed by atoms with van der Waals surface area (Å²) in [4.78, 5) is 0. The van der Waals surface area contributed by atoms with Gasteiger partial charge in [-0.1, -0.05) is 6.92 Å². The summed E-state index contributed by atoms with van der Waals surface area (Å²) >= 11 is -0.556. The summed E-state index contributed by atoms with van der Waals surface area (Å²) < 4.78 is 0. The summed E-state index contributed by atoms with van der Waals surface area (Å²) in [6, 6.07) is 10.0. The molecule has 0 atom stereocenters. The Morgan fingerprint density at radius 1 is 1.33 bits per heavy atom. The number of halogens is 2. The van der Waals surface area contributed by atoms with Gasteiger partial charge in [0.15, 0.2) is 0 Å². The molecule has 0 bridgehead atoms. The molecule has 1 N–H and O–H groups in total. The SMILES string of the molecule is CCCO.[Cl][Ti][Cl].c1cc[cH-]c1. The van der Waals surface area contributed by atoms with Crippen LogP contribution in [-0.4, -0.2) is 11.7 Å². The van der Waals surface area contributed by atoms with E-state index in [2.05, 4.69) is 0 Å². The van der Waals surface area contributed by atoms with Gasteiger partial charge < -0.3 is 5.11 Å². The molecular formula is C8H13Cl2OTi-. The zero-order chi connectivity index (χ0) is 9.66. The standard InChI is InChI=1S/C5H5.C3H8O.2ClH.Ti/c1-2-4-5-3-1;1-2-3-4;;;/h1-5H;4H,2-3H2,1H3;2*1H;/q-1;;;;+2/p-2. The van der Waals surface area contributed by atoms with Gasteiger partial charge in [-0.15, -0.1) is 0 Å². The molecule has 0 radical (unpaired) electrons. The predicted molar refractivity (Wildman–Crippen MR) is 51.1 cm³/mol. The van der Waals surface area contributed by atoms with Gasteiger partial charge in [0.2, 0.25) is 0 Å². The van der Waals surface area contributed by atoms with E-state index in [9.17, 15) is 0 Å². The second-order valence-corrected chi connectivity index (χ2v) is 4.34. The Bertz CT molecular complexity index is 103. The summed E-state index contributed by atoms with van der Waals surface area (Å²) in [5.41, 5.74) is 0. The van der Waals surface area contributed by atoms with Crippen molar-refractivity contribution in [1.29, 1.82) is 0 Å². The van der Waals surface area contributed by atoms with Gasteiger partial charge in [-0.3, -0.25) is 0 Å². The summed E-state index contributed by atoms with van der Waals surface area (Å²) in [5.74, 6) is 0. The molecule has 0 aliphatic carbocycles. The largest absolute Gasteiger partial charge is 0.214 e. The number of rotatable bonds is 1. The van der Waals surface area contributed by atoms with E-state index < -0.39 is 17.0 Å². The third-order valence-corrected chi connectivity index (χ3v) is 0.779. The molecule has 0 saturated heterocycles. The van der Waals surface area contributed by atoms with Crippen LogP contribution in [0.2, 0.25) is 0 Å². The predicted octanol–water partition coefficient (Wildman–Crippen LogP) is 3.17. The summed E-state index contributed by atoms with van der Waals surface area (Å²) in [7, 11) is 9.78. The smallest absolute Gasteiger partial charge is 0.172 e. The summed E-state index contributed by atoms with van der Waals surface area (Å²) in [6.07, 6.45) is 0.875. The molecule has 0 fully saturated rings. The Labute approximate surface area is 90.7 Å². The van der Waals surface area contributed by atoms with Crippen molar-refractivity contribution >= 4 is 18.6 Å². The molecule has 1 aromatic carbocycles. The first-order valence-electron chi connectivity index (χ1n) is 3.57. The quantitative estimate of drug-likeness (QED) is 0.594. The average Bonchev–Trinajstić information content (AvgIpc) is 2.62. The van der Waals surface area contributed by atoms with Crippen LogP contribution in [0.4, 0.5) is 0 Å². The van der Waals surface area contributed by atoms with Crippen molar-refractivity contribution in [2.75, 3.05) is 6.61 Å². The van der Waals surface area contributed by atoms with Crippen molar-refractivity contribution in [2.24, 2.45) is 0 Å². The van der Waals surface area contributed by atoms with Crippen molar-refractivity contribution in [3.63, 3.8) is 0 Å². The zero-order valence-electron chi connectivity index (χ0n) is 7.00. The molecule has 0 amide bonds. The Hall–Kier alpha value is 0.604. The van der Waals surface area contributed by atoms with E-state index in [1.807, 2.05) is 37.3 Å². The second kappa shape index (κ2) is 17.6. The molecule has 1 aromatic rings. The van der Waals surface area contributed by atoms with Gasteiger partial charge in [-0.2, -0.15) is 18.2 Å². The molecule has 12 heavy (non-hydrogen) atoms. The molecule has 70 valence electrons. The number of aliphatic hydroxyl groups is 1. The van der Waals surface area contributed by atoms with E-state index in [1.165, 1.54) is 0 Å². The van der Waals surface area contributed by atoms with E-state index in [0.29, 0.717) is 6.61 Å². The fourth-order valence-corrected chi connectivity index (χ4v) is 0.321. The van der Waals surface area contributed by atoms with Crippen LogP contribution in [0.3, 0.4) is 0 Å². The maximum atomic E-state index is 7.88. The van der Waals surface area contributed by atoms with E-state index in [1.54, 1.807) is 0 Å². The minimum atomic E-state index is -0.556. The first-order chi connectivity index (χ1) is 5.83. The molecule has 1 nitrogen and oxygen atoms in total. The van der Waals surface area contributed by atoms with E-state index in [4.69, 9.17) is 23.7 Å². The van der Waals surface area contributed by atoms with Gasteiger partial charge in [-0.05, 0) is 6.42 Å². The van der Waals surface area contributed by atoms with Crippen LogP contribution >= 0.6 is 18.6 Å². The van der Waals surface area contributed by atoms with Crippen LogP contribution in [0.25, 0.3) is 0 Å². The van der Waals surface area contributed by atoms with Crippen LogP contribution < -0.4 is 0 Å². The van der Waals surface area contributed by atoms with E-state index in [-0.39, 0.29) is 0 Å². The van der Waals surface area contributed by atoms with Crippen molar-refractivity contribution in [2.45, 2.75) is 13.3 Å². The Morgan fingerprint density at radius 3 is 1.75 bits per heavy atom. The third-order valence-electron chi connectivity index (χ3n) is 0.779. The molecule has 0 aliphatic rings. The second-order valence-electron chi connectivity index (χ2n) is 1.76. The van der Waals surface area contributed by atoms with Crippen molar-refractivity contribution in [3.05, 3.63) is 30.3 Å². The van der Waals surface area contributed by atoms with Gasteiger partial charge in [0.1, 0.15) is 0 Å². The molecule has 4 heteroatoms. The van der Waals surface area contributed by atoms with Gasteiger partial charge in [-0.25, -0.2) is 12.1 Å². The monoisotopic (exact) mass is 243 g/mol. The fraction of sp³-hybridized carbons (Fsp3) is 0.375. The topological polar surface area (TPSA) is 20.2 Å². The molecular weight excluding hydrogens is 231 g/mol. The van der Waals surface area contributed by atoms with Crippen LogP contribution in [-0.2, 0) is 17.0 Å². The number of hydrogen-bond acceptors (Lipinski definition) is 1. The van der Waals surface area contributed by atoms with E-state index in [0.717, 1.165) is 6.42 Å². The van der Waals surface area contributed by atoms with Gasteiger partial charge in [0.05, 0.1) is 0 Å². The maximum absolute atomic E-state index is 7.88. The first-order valence-corrected chi connectivity index (χ1v) is 7.87. The van der Waals surface area contributed by atoms with Gasteiger partial charge in [0, 0.05) is 6.61 Å². The molecule has 0 unspecified atom stereocenters. The minimum absolute atomic E-state index is 0.319. The minimum Gasteiger partial charge on any atom is -0.214 e. The van der Waals surface area contributed by atoms with E-state index >= 15 is 0 Å². The number of aliphatic hydroxyl groups excluding tert-OH is 1. The summed E-state index contributed by atoms with van der Waals surface area (Å²) in [6.45, 7) is 2.25. The zero-order valence-corrected chi connectivity index (χ0v) is 10.1. The molecule has 1 rings (SSSR count). The van der Waals surface area contributed by atoms with Crippen molar-refractivity contribution in [3.8, 4) is 0 Å². The van der Waals surface area contributed by atoms with Gasteiger partial charge in [0.25, 0.3) is 0 Å². The number of hydrogen-bond donors (Lipinski definition) is 1. The Kier molecular flexibility index (Phi) is 22.2. The maximum Gasteiger partial charge on any atom is -0.172 e. The van der Waals surface area contributed by atoms with Crippen LogP contribution in [0.1, 0.15) is 13.3 Å². The average molecular weight is 244 g/mol. The Balaban J connectivity index is 0. The fourth-order valence-electron chi connectivity index (χ4n) is 0.321. The first kappa shape index (κ1) is 15.1. The molecule has 0 aliphatic heterocycles. The normalized spacial score (nSPS) is 7.00. The molecule has 0 spiro atoms. The molecule has 0 saturated carbocycles. The van der Waals surface area contributed by atoms with Crippen LogP contribution in [0, 0.1) is 0 Å².